The molecule has 1 aromatic rings. The Balaban J connectivity index is 2.61. The fourth-order valence-electron chi connectivity index (χ4n) is 2.75. The van der Waals surface area contributed by atoms with Gasteiger partial charge in [-0.2, -0.15) is 0 Å². The van der Waals surface area contributed by atoms with Gasteiger partial charge in [0.25, 0.3) is 5.56 Å². The standard InChI is InChI=1S/C13H20N2O/c1-4-15-11-8-13(2,3)7-10(14)9(11)5-6-12(15)16/h5-6,10H,4,7-8,14H2,1-3H3/t10-/m1/s1. The van der Waals surface area contributed by atoms with E-state index in [0.29, 0.717) is 0 Å². The maximum absolute atomic E-state index is 11.8. The summed E-state index contributed by atoms with van der Waals surface area (Å²) in [6.45, 7) is 7.17. The highest BCUT2D eigenvalue weighted by atomic mass is 16.1. The first-order chi connectivity index (χ1) is 7.44. The van der Waals surface area contributed by atoms with Crippen LogP contribution >= 0.6 is 0 Å². The Kier molecular flexibility index (Phi) is 2.66. The highest BCUT2D eigenvalue weighted by molar-refractivity contribution is 5.29. The van der Waals surface area contributed by atoms with Crippen LogP contribution in [-0.4, -0.2) is 4.57 Å². The number of hydrogen-bond donors (Lipinski definition) is 1. The molecule has 16 heavy (non-hydrogen) atoms. The van der Waals surface area contributed by atoms with Gasteiger partial charge in [-0.15, -0.1) is 0 Å². The van der Waals surface area contributed by atoms with Crippen molar-refractivity contribution in [2.75, 3.05) is 0 Å². The number of nitrogens with zero attached hydrogens (tertiary/aromatic N) is 1. The first-order valence-corrected chi connectivity index (χ1v) is 5.93. The summed E-state index contributed by atoms with van der Waals surface area (Å²) in [5, 5.41) is 0. The van der Waals surface area contributed by atoms with Gasteiger partial charge in [0.2, 0.25) is 0 Å². The Hall–Kier alpha value is -1.09. The largest absolute Gasteiger partial charge is 0.324 e. The van der Waals surface area contributed by atoms with Crippen molar-refractivity contribution in [1.29, 1.82) is 0 Å². The summed E-state index contributed by atoms with van der Waals surface area (Å²) in [6, 6.07) is 3.61. The smallest absolute Gasteiger partial charge is 0.250 e. The minimum atomic E-state index is 0.0668. The van der Waals surface area contributed by atoms with Crippen molar-refractivity contribution in [3.63, 3.8) is 0 Å². The normalized spacial score (nSPS) is 22.9. The van der Waals surface area contributed by atoms with Gasteiger partial charge in [0.05, 0.1) is 0 Å². The molecule has 0 aromatic carbocycles. The monoisotopic (exact) mass is 220 g/mol. The molecule has 3 heteroatoms. The minimum absolute atomic E-state index is 0.0668. The van der Waals surface area contributed by atoms with Crippen molar-refractivity contribution in [1.82, 2.24) is 4.57 Å². The first kappa shape index (κ1) is 11.4. The Morgan fingerprint density at radius 3 is 2.81 bits per heavy atom. The molecule has 0 fully saturated rings. The molecule has 2 N–H and O–H groups in total. The summed E-state index contributed by atoms with van der Waals surface area (Å²) < 4.78 is 1.86. The molecule has 0 bridgehead atoms. The number of aromatic nitrogens is 1. The van der Waals surface area contributed by atoms with Crippen LogP contribution < -0.4 is 11.3 Å². The van der Waals surface area contributed by atoms with Gasteiger partial charge in [-0.1, -0.05) is 19.9 Å². The van der Waals surface area contributed by atoms with E-state index in [1.165, 1.54) is 0 Å². The minimum Gasteiger partial charge on any atom is -0.324 e. The SMILES string of the molecule is CCn1c2c(ccc1=O)[C@H](N)CC(C)(C)C2. The molecule has 2 rings (SSSR count). The third-order valence-electron chi connectivity index (χ3n) is 3.46. The average Bonchev–Trinajstić information content (AvgIpc) is 2.15. The van der Waals surface area contributed by atoms with Crippen LogP contribution in [0.15, 0.2) is 16.9 Å². The maximum Gasteiger partial charge on any atom is 0.250 e. The van der Waals surface area contributed by atoms with Crippen LogP contribution in [0.5, 0.6) is 0 Å². The molecular weight excluding hydrogens is 200 g/mol. The van der Waals surface area contributed by atoms with Gasteiger partial charge in [-0.25, -0.2) is 0 Å². The van der Waals surface area contributed by atoms with E-state index in [4.69, 9.17) is 5.73 Å². The molecule has 0 spiro atoms. The lowest BCUT2D eigenvalue weighted by atomic mass is 9.74. The van der Waals surface area contributed by atoms with Crippen molar-refractivity contribution >= 4 is 0 Å². The topological polar surface area (TPSA) is 48.0 Å². The zero-order valence-electron chi connectivity index (χ0n) is 10.3. The van der Waals surface area contributed by atoms with Gasteiger partial charge in [0, 0.05) is 24.3 Å². The lowest BCUT2D eigenvalue weighted by Crippen LogP contribution is -2.35. The van der Waals surface area contributed by atoms with Gasteiger partial charge in [0.1, 0.15) is 0 Å². The van der Waals surface area contributed by atoms with E-state index in [1.54, 1.807) is 6.07 Å². The van der Waals surface area contributed by atoms with Crippen LogP contribution in [0, 0.1) is 5.41 Å². The maximum atomic E-state index is 11.8. The fraction of sp³-hybridized carbons (Fsp3) is 0.615. The summed E-state index contributed by atoms with van der Waals surface area (Å²) in [5.41, 5.74) is 8.75. The van der Waals surface area contributed by atoms with Crippen LogP contribution in [0.3, 0.4) is 0 Å². The molecule has 1 aliphatic rings. The van der Waals surface area contributed by atoms with E-state index >= 15 is 0 Å². The second-order valence-corrected chi connectivity index (χ2v) is 5.47. The zero-order chi connectivity index (χ0) is 11.9. The first-order valence-electron chi connectivity index (χ1n) is 5.93. The van der Waals surface area contributed by atoms with Crippen molar-refractivity contribution in [2.24, 2.45) is 11.1 Å². The van der Waals surface area contributed by atoms with Crippen LogP contribution in [0.25, 0.3) is 0 Å². The van der Waals surface area contributed by atoms with Crippen LogP contribution in [0.1, 0.15) is 44.5 Å². The van der Waals surface area contributed by atoms with Crippen molar-refractivity contribution in [2.45, 2.75) is 46.2 Å². The number of rotatable bonds is 1. The molecule has 1 atom stereocenters. The predicted octanol–water partition coefficient (Wildman–Crippen LogP) is 1.84. The molecule has 0 saturated heterocycles. The number of fused-ring (bicyclic) bond motifs is 1. The third kappa shape index (κ3) is 1.80. The lowest BCUT2D eigenvalue weighted by Gasteiger charge is -2.36. The van der Waals surface area contributed by atoms with Crippen molar-refractivity contribution in [3.8, 4) is 0 Å². The molecule has 1 aliphatic carbocycles. The number of nitrogens with two attached hydrogens (primary N) is 1. The quantitative estimate of drug-likeness (QED) is 0.785. The highest BCUT2D eigenvalue weighted by Crippen LogP contribution is 2.38. The molecule has 1 aromatic heterocycles. The van der Waals surface area contributed by atoms with E-state index in [0.717, 1.165) is 30.6 Å². The second kappa shape index (κ2) is 3.74. The van der Waals surface area contributed by atoms with Gasteiger partial charge in [-0.05, 0) is 30.7 Å². The van der Waals surface area contributed by atoms with Crippen LogP contribution in [-0.2, 0) is 13.0 Å². The summed E-state index contributed by atoms with van der Waals surface area (Å²) in [6.07, 6.45) is 1.93. The molecule has 0 aliphatic heterocycles. The zero-order valence-corrected chi connectivity index (χ0v) is 10.3. The Morgan fingerprint density at radius 1 is 1.50 bits per heavy atom. The lowest BCUT2D eigenvalue weighted by molar-refractivity contribution is 0.271. The molecule has 1 heterocycles. The summed E-state index contributed by atoms with van der Waals surface area (Å²) in [5.74, 6) is 0. The van der Waals surface area contributed by atoms with E-state index < -0.39 is 0 Å². The fourth-order valence-corrected chi connectivity index (χ4v) is 2.75. The van der Waals surface area contributed by atoms with E-state index in [9.17, 15) is 4.79 Å². The molecule has 0 saturated carbocycles. The van der Waals surface area contributed by atoms with Gasteiger partial charge < -0.3 is 10.3 Å². The van der Waals surface area contributed by atoms with Crippen LogP contribution in [0.2, 0.25) is 0 Å². The molecule has 0 amide bonds. The Morgan fingerprint density at radius 2 is 2.19 bits per heavy atom. The van der Waals surface area contributed by atoms with E-state index in [1.807, 2.05) is 17.6 Å². The predicted molar refractivity (Wildman–Crippen MR) is 65.4 cm³/mol. The second-order valence-electron chi connectivity index (χ2n) is 5.47. The van der Waals surface area contributed by atoms with Crippen LogP contribution in [0.4, 0.5) is 0 Å². The van der Waals surface area contributed by atoms with Gasteiger partial charge >= 0.3 is 0 Å². The van der Waals surface area contributed by atoms with Crippen molar-refractivity contribution in [3.05, 3.63) is 33.7 Å². The average molecular weight is 220 g/mol. The number of pyridine rings is 1. The van der Waals surface area contributed by atoms with E-state index in [-0.39, 0.29) is 17.0 Å². The Labute approximate surface area is 96.3 Å². The van der Waals surface area contributed by atoms with Crippen molar-refractivity contribution < 1.29 is 0 Å². The molecular formula is C13H20N2O. The van der Waals surface area contributed by atoms with Gasteiger partial charge in [0.15, 0.2) is 0 Å². The highest BCUT2D eigenvalue weighted by Gasteiger charge is 2.31. The summed E-state index contributed by atoms with van der Waals surface area (Å²) in [4.78, 5) is 11.8. The Bertz CT molecular complexity index is 459. The molecule has 3 nitrogen and oxygen atoms in total. The van der Waals surface area contributed by atoms with E-state index in [2.05, 4.69) is 13.8 Å². The number of hydrogen-bond acceptors (Lipinski definition) is 2. The molecule has 0 unspecified atom stereocenters. The molecule has 88 valence electrons. The molecule has 0 radical (unpaired) electrons. The van der Waals surface area contributed by atoms with Gasteiger partial charge in [-0.3, -0.25) is 4.79 Å². The third-order valence-corrected chi connectivity index (χ3v) is 3.46. The summed E-state index contributed by atoms with van der Waals surface area (Å²) in [7, 11) is 0. The summed E-state index contributed by atoms with van der Waals surface area (Å²) >= 11 is 0.